The van der Waals surface area contributed by atoms with Gasteiger partial charge in [-0.25, -0.2) is 0 Å². The highest BCUT2D eigenvalue weighted by Crippen LogP contribution is 2.24. The van der Waals surface area contributed by atoms with E-state index >= 15 is 0 Å². The molecule has 0 saturated heterocycles. The second kappa shape index (κ2) is 6.22. The Bertz CT molecular complexity index is 501. The van der Waals surface area contributed by atoms with E-state index in [4.69, 9.17) is 11.5 Å². The third kappa shape index (κ3) is 3.71. The number of nitrogens with zero attached hydrogens (tertiary/aromatic N) is 2. The predicted octanol–water partition coefficient (Wildman–Crippen LogP) is 1.63. The van der Waals surface area contributed by atoms with Crippen LogP contribution in [-0.4, -0.2) is 18.5 Å². The number of nitrogens with one attached hydrogen (secondary N) is 1. The van der Waals surface area contributed by atoms with Crippen LogP contribution in [0.15, 0.2) is 28.2 Å². The van der Waals surface area contributed by atoms with Crippen LogP contribution in [0.2, 0.25) is 0 Å². The summed E-state index contributed by atoms with van der Waals surface area (Å²) < 4.78 is 0. The molecule has 0 radical (unpaired) electrons. The molecule has 0 aromatic heterocycles. The monoisotopic (exact) mass is 259 g/mol. The van der Waals surface area contributed by atoms with Crippen molar-refractivity contribution in [3.63, 3.8) is 0 Å². The molecule has 0 bridgehead atoms. The van der Waals surface area contributed by atoms with E-state index in [0.717, 1.165) is 12.1 Å². The summed E-state index contributed by atoms with van der Waals surface area (Å²) in [6.07, 6.45) is 4.88. The lowest BCUT2D eigenvalue weighted by atomic mass is 9.91. The van der Waals surface area contributed by atoms with E-state index < -0.39 is 0 Å². The summed E-state index contributed by atoms with van der Waals surface area (Å²) in [4.78, 5) is 8.21. The quantitative estimate of drug-likeness (QED) is 0.557. The zero-order chi connectivity index (χ0) is 13.7. The lowest BCUT2D eigenvalue weighted by Crippen LogP contribution is -2.26. The first-order chi connectivity index (χ1) is 9.19. The number of anilines is 1. The van der Waals surface area contributed by atoms with Crippen LogP contribution >= 0.6 is 0 Å². The number of guanidine groups is 2. The average Bonchev–Trinajstić information content (AvgIpc) is 2.38. The van der Waals surface area contributed by atoms with E-state index in [-0.39, 0.29) is 5.96 Å². The molecule has 1 aliphatic carbocycles. The Balaban J connectivity index is 2.18. The van der Waals surface area contributed by atoms with Crippen molar-refractivity contribution < 1.29 is 0 Å². The van der Waals surface area contributed by atoms with Crippen LogP contribution in [-0.2, 0) is 12.8 Å². The third-order valence-electron chi connectivity index (χ3n) is 3.15. The highest BCUT2D eigenvalue weighted by Gasteiger charge is 2.09. The van der Waals surface area contributed by atoms with Crippen LogP contribution in [0.4, 0.5) is 5.69 Å². The normalized spacial score (nSPS) is 14.7. The first kappa shape index (κ1) is 13.4. The summed E-state index contributed by atoms with van der Waals surface area (Å²) in [7, 11) is 0. The van der Waals surface area contributed by atoms with Crippen molar-refractivity contribution in [2.75, 3.05) is 11.9 Å². The minimum Gasteiger partial charge on any atom is -0.370 e. The van der Waals surface area contributed by atoms with Gasteiger partial charge in [0.1, 0.15) is 0 Å². The number of benzene rings is 1. The van der Waals surface area contributed by atoms with Gasteiger partial charge in [-0.05, 0) is 55.9 Å². The predicted molar refractivity (Wildman–Crippen MR) is 80.5 cm³/mol. The highest BCUT2D eigenvalue weighted by atomic mass is 15.2. The van der Waals surface area contributed by atoms with Gasteiger partial charge in [-0.2, -0.15) is 4.99 Å². The summed E-state index contributed by atoms with van der Waals surface area (Å²) >= 11 is 0. The molecule has 0 saturated carbocycles. The van der Waals surface area contributed by atoms with Gasteiger partial charge >= 0.3 is 0 Å². The molecule has 102 valence electrons. The van der Waals surface area contributed by atoms with E-state index in [1.807, 2.05) is 6.92 Å². The third-order valence-corrected chi connectivity index (χ3v) is 3.15. The molecule has 1 aromatic carbocycles. The molecule has 0 fully saturated rings. The molecule has 1 aromatic rings. The summed E-state index contributed by atoms with van der Waals surface area (Å²) in [5.74, 6) is 0.468. The molecule has 2 rings (SSSR count). The maximum absolute atomic E-state index is 5.40. The number of nitrogens with two attached hydrogens (primary N) is 2. The second-order valence-corrected chi connectivity index (χ2v) is 4.65. The van der Waals surface area contributed by atoms with Gasteiger partial charge in [0.05, 0.1) is 0 Å². The number of hydrogen-bond donors (Lipinski definition) is 3. The second-order valence-electron chi connectivity index (χ2n) is 4.65. The van der Waals surface area contributed by atoms with Crippen LogP contribution in [0.1, 0.15) is 30.9 Å². The first-order valence-electron chi connectivity index (χ1n) is 6.72. The van der Waals surface area contributed by atoms with E-state index in [2.05, 4.69) is 33.5 Å². The van der Waals surface area contributed by atoms with Gasteiger partial charge < -0.3 is 16.8 Å². The summed E-state index contributed by atoms with van der Waals surface area (Å²) in [6, 6.07) is 6.40. The maximum atomic E-state index is 5.40. The van der Waals surface area contributed by atoms with Crippen molar-refractivity contribution in [2.45, 2.75) is 32.6 Å². The largest absolute Gasteiger partial charge is 0.370 e. The van der Waals surface area contributed by atoms with E-state index in [0.29, 0.717) is 12.5 Å². The number of rotatable bonds is 2. The highest BCUT2D eigenvalue weighted by molar-refractivity contribution is 6.01. The van der Waals surface area contributed by atoms with E-state index in [1.165, 1.54) is 30.4 Å². The van der Waals surface area contributed by atoms with Crippen LogP contribution in [0, 0.1) is 0 Å². The van der Waals surface area contributed by atoms with Gasteiger partial charge in [0.2, 0.25) is 5.96 Å². The maximum Gasteiger partial charge on any atom is 0.225 e. The van der Waals surface area contributed by atoms with Gasteiger partial charge in [0, 0.05) is 12.2 Å². The molecule has 1 aliphatic rings. The van der Waals surface area contributed by atoms with Gasteiger partial charge in [0.15, 0.2) is 5.96 Å². The Kier molecular flexibility index (Phi) is 4.39. The molecule has 0 heterocycles. The Labute approximate surface area is 113 Å². The van der Waals surface area contributed by atoms with Crippen LogP contribution in [0.3, 0.4) is 0 Å². The Morgan fingerprint density at radius 2 is 1.95 bits per heavy atom. The Morgan fingerprint density at radius 1 is 1.21 bits per heavy atom. The molecule has 0 spiro atoms. The fraction of sp³-hybridized carbons (Fsp3) is 0.429. The fourth-order valence-electron chi connectivity index (χ4n) is 2.32. The Hall–Kier alpha value is -2.04. The molecule has 19 heavy (non-hydrogen) atoms. The smallest absolute Gasteiger partial charge is 0.225 e. The van der Waals surface area contributed by atoms with Crippen molar-refractivity contribution in [3.05, 3.63) is 29.3 Å². The molecule has 0 unspecified atom stereocenters. The van der Waals surface area contributed by atoms with Crippen molar-refractivity contribution in [1.29, 1.82) is 0 Å². The zero-order valence-corrected chi connectivity index (χ0v) is 11.3. The summed E-state index contributed by atoms with van der Waals surface area (Å²) in [6.45, 7) is 2.57. The number of aliphatic imine (C=N–C) groups is 2. The minimum atomic E-state index is 0.0117. The van der Waals surface area contributed by atoms with Gasteiger partial charge in [0.25, 0.3) is 0 Å². The number of fused-ring (bicyclic) bond motifs is 1. The summed E-state index contributed by atoms with van der Waals surface area (Å²) in [5.41, 5.74) is 14.6. The van der Waals surface area contributed by atoms with Gasteiger partial charge in [-0.3, -0.25) is 4.99 Å². The average molecular weight is 259 g/mol. The van der Waals surface area contributed by atoms with Crippen molar-refractivity contribution in [3.8, 4) is 0 Å². The summed E-state index contributed by atoms with van der Waals surface area (Å²) in [5, 5.41) is 3.16. The standard InChI is InChI=1S/C14H21N5/c1-2-17-14(19-13(15)16)18-12-8-7-10-5-3-4-6-11(10)9-12/h7-9H,2-6H2,1H3,(H5,15,16,17,18,19). The molecular weight excluding hydrogens is 238 g/mol. The van der Waals surface area contributed by atoms with Crippen molar-refractivity contribution in [2.24, 2.45) is 21.5 Å². The van der Waals surface area contributed by atoms with Gasteiger partial charge in [-0.1, -0.05) is 6.07 Å². The first-order valence-corrected chi connectivity index (χ1v) is 6.72. The molecule has 5 heteroatoms. The van der Waals surface area contributed by atoms with Gasteiger partial charge in [-0.15, -0.1) is 0 Å². The van der Waals surface area contributed by atoms with E-state index in [9.17, 15) is 0 Å². The lowest BCUT2D eigenvalue weighted by Gasteiger charge is -2.17. The molecule has 5 N–H and O–H groups in total. The van der Waals surface area contributed by atoms with Crippen LogP contribution < -0.4 is 16.8 Å². The number of hydrogen-bond acceptors (Lipinski definition) is 1. The molecule has 0 amide bonds. The zero-order valence-electron chi connectivity index (χ0n) is 11.3. The SMILES string of the molecule is CCN=C(N=C(N)N)Nc1ccc2c(c1)CCCC2. The Morgan fingerprint density at radius 3 is 2.63 bits per heavy atom. The van der Waals surface area contributed by atoms with Crippen LogP contribution in [0.25, 0.3) is 0 Å². The minimum absolute atomic E-state index is 0.0117. The van der Waals surface area contributed by atoms with Crippen molar-refractivity contribution in [1.82, 2.24) is 0 Å². The fourth-order valence-corrected chi connectivity index (χ4v) is 2.32. The molecule has 0 atom stereocenters. The molecule has 0 aliphatic heterocycles. The van der Waals surface area contributed by atoms with Crippen LogP contribution in [0.5, 0.6) is 0 Å². The lowest BCUT2D eigenvalue weighted by molar-refractivity contribution is 0.686. The van der Waals surface area contributed by atoms with E-state index in [1.54, 1.807) is 0 Å². The molecular formula is C14H21N5. The number of aryl methyl sites for hydroxylation is 2. The van der Waals surface area contributed by atoms with Crippen molar-refractivity contribution >= 4 is 17.6 Å². The molecule has 5 nitrogen and oxygen atoms in total. The topological polar surface area (TPSA) is 88.8 Å².